The second-order valence-corrected chi connectivity index (χ2v) is 11.7. The van der Waals surface area contributed by atoms with E-state index in [-0.39, 0.29) is 0 Å². The summed E-state index contributed by atoms with van der Waals surface area (Å²) < 4.78 is 2.49. The number of imidazole rings is 1. The van der Waals surface area contributed by atoms with Crippen molar-refractivity contribution >= 4 is 0 Å². The van der Waals surface area contributed by atoms with E-state index in [1.54, 1.807) is 0 Å². The molecule has 0 fully saturated rings. The molecule has 2 heteroatoms. The maximum atomic E-state index is 3.34. The van der Waals surface area contributed by atoms with Crippen molar-refractivity contribution in [1.29, 1.82) is 0 Å². The molecule has 0 aliphatic heterocycles. The number of benzene rings is 1. The zero-order chi connectivity index (χ0) is 26.2. The Labute approximate surface area is 231 Å². The first-order valence-electron chi connectivity index (χ1n) is 16.4. The molecule has 1 aromatic heterocycles. The van der Waals surface area contributed by atoms with Gasteiger partial charge >= 0.3 is 0 Å². The first-order chi connectivity index (χ1) is 18.3. The third-order valence-corrected chi connectivity index (χ3v) is 8.37. The van der Waals surface area contributed by atoms with Crippen LogP contribution in [0.1, 0.15) is 160 Å². The van der Waals surface area contributed by atoms with Gasteiger partial charge in [-0.2, -0.15) is 0 Å². The zero-order valence-corrected chi connectivity index (χ0v) is 24.8. The van der Waals surface area contributed by atoms with E-state index >= 15 is 0 Å². The summed E-state index contributed by atoms with van der Waals surface area (Å²) in [5, 5.41) is 0. The average Bonchev–Trinajstić information content (AvgIpc) is 3.46. The van der Waals surface area contributed by atoms with Crippen LogP contribution in [0, 0.1) is 5.92 Å². The lowest BCUT2D eigenvalue weighted by Crippen LogP contribution is -2.42. The fourth-order valence-corrected chi connectivity index (χ4v) is 6.04. The molecular weight excluding hydrogens is 448 g/mol. The summed E-state index contributed by atoms with van der Waals surface area (Å²) in [4.78, 5) is 3.34. The molecule has 2 nitrogen and oxygen atoms in total. The van der Waals surface area contributed by atoms with E-state index in [1.165, 1.54) is 147 Å². The van der Waals surface area contributed by atoms with Crippen LogP contribution < -0.4 is 4.57 Å². The normalized spacial score (nSPS) is 13.1. The maximum absolute atomic E-state index is 3.34. The standard InChI is InChI=1S/C35H60N2/c1-3-5-7-9-11-13-14-15-17-19-24-28-35(37-30-29-36-32-37)34(31-33-25-21-20-22-26-33)27-23-18-16-12-10-8-6-4-2/h20-22,25-26,29-30,32,34-35H,3-19,23-24,27-28,31H2,1-2H3/p+1. The number of aromatic amines is 1. The number of nitrogens with one attached hydrogen (secondary N) is 1. The molecule has 0 spiro atoms. The van der Waals surface area contributed by atoms with Gasteiger partial charge in [-0.25, -0.2) is 4.57 Å². The smallest absolute Gasteiger partial charge is 0.241 e. The van der Waals surface area contributed by atoms with Crippen molar-refractivity contribution < 1.29 is 4.57 Å². The highest BCUT2D eigenvalue weighted by Gasteiger charge is 2.26. The Bertz CT molecular complexity index is 708. The molecule has 0 aliphatic rings. The molecule has 2 rings (SSSR count). The van der Waals surface area contributed by atoms with Crippen LogP contribution >= 0.6 is 0 Å². The van der Waals surface area contributed by atoms with Gasteiger partial charge in [0.25, 0.3) is 0 Å². The topological polar surface area (TPSA) is 19.7 Å². The van der Waals surface area contributed by atoms with Gasteiger partial charge in [0, 0.05) is 5.92 Å². The fraction of sp³-hybridized carbons (Fsp3) is 0.743. The Morgan fingerprint density at radius 2 is 1.08 bits per heavy atom. The first-order valence-corrected chi connectivity index (χ1v) is 16.4. The lowest BCUT2D eigenvalue weighted by atomic mass is 9.84. The molecule has 2 aromatic rings. The van der Waals surface area contributed by atoms with E-state index in [1.807, 2.05) is 0 Å². The second kappa shape index (κ2) is 22.4. The van der Waals surface area contributed by atoms with Crippen LogP contribution in [0.2, 0.25) is 0 Å². The van der Waals surface area contributed by atoms with E-state index in [0.29, 0.717) is 12.0 Å². The maximum Gasteiger partial charge on any atom is 0.241 e. The summed E-state index contributed by atoms with van der Waals surface area (Å²) in [6.45, 7) is 4.61. The van der Waals surface area contributed by atoms with Gasteiger partial charge in [0.05, 0.1) is 0 Å². The minimum absolute atomic E-state index is 0.606. The lowest BCUT2D eigenvalue weighted by molar-refractivity contribution is -0.730. The number of unbranched alkanes of at least 4 members (excludes halogenated alkanes) is 17. The third-order valence-electron chi connectivity index (χ3n) is 8.37. The minimum atomic E-state index is 0.606. The lowest BCUT2D eigenvalue weighted by Gasteiger charge is -2.25. The Kier molecular flexibility index (Phi) is 19.2. The molecule has 0 bridgehead atoms. The first kappa shape index (κ1) is 31.6. The van der Waals surface area contributed by atoms with Gasteiger partial charge in [-0.1, -0.05) is 160 Å². The molecule has 210 valence electrons. The van der Waals surface area contributed by atoms with Crippen molar-refractivity contribution in [2.75, 3.05) is 0 Å². The van der Waals surface area contributed by atoms with Crippen molar-refractivity contribution in [2.45, 2.75) is 161 Å². The van der Waals surface area contributed by atoms with Crippen molar-refractivity contribution in [2.24, 2.45) is 5.92 Å². The fourth-order valence-electron chi connectivity index (χ4n) is 6.04. The van der Waals surface area contributed by atoms with Crippen LogP contribution in [0.3, 0.4) is 0 Å². The highest BCUT2D eigenvalue weighted by Crippen LogP contribution is 2.29. The highest BCUT2D eigenvalue weighted by atomic mass is 15.1. The SMILES string of the molecule is CCCCCCCCCCCCCC(C(CCCCCCCCCC)Cc1ccccc1)[n+]1cc[nH]c1. The molecule has 0 saturated carbocycles. The van der Waals surface area contributed by atoms with Gasteiger partial charge in [-0.3, -0.25) is 4.98 Å². The Balaban J connectivity index is 1.79. The molecular formula is C35H61N2+. The summed E-state index contributed by atoms with van der Waals surface area (Å²) in [5.41, 5.74) is 1.51. The molecule has 2 atom stereocenters. The molecule has 0 saturated heterocycles. The summed E-state index contributed by atoms with van der Waals surface area (Å²) in [5.74, 6) is 0.714. The summed E-state index contributed by atoms with van der Waals surface area (Å²) in [7, 11) is 0. The van der Waals surface area contributed by atoms with Gasteiger partial charge in [-0.15, -0.1) is 0 Å². The second-order valence-electron chi connectivity index (χ2n) is 11.7. The van der Waals surface area contributed by atoms with Crippen LogP contribution in [0.5, 0.6) is 0 Å². The molecule has 0 radical (unpaired) electrons. The summed E-state index contributed by atoms with van der Waals surface area (Å²) in [6, 6.07) is 11.9. The number of nitrogens with zero attached hydrogens (tertiary/aromatic N) is 1. The van der Waals surface area contributed by atoms with Crippen molar-refractivity contribution in [1.82, 2.24) is 4.98 Å². The summed E-state index contributed by atoms with van der Waals surface area (Å²) in [6.07, 6.45) is 37.3. The van der Waals surface area contributed by atoms with Crippen molar-refractivity contribution in [3.8, 4) is 0 Å². The number of hydrogen-bond donors (Lipinski definition) is 1. The third kappa shape index (κ3) is 15.4. The van der Waals surface area contributed by atoms with Crippen LogP contribution in [0.4, 0.5) is 0 Å². The number of aromatic nitrogens is 2. The number of rotatable bonds is 25. The van der Waals surface area contributed by atoms with E-state index in [9.17, 15) is 0 Å². The summed E-state index contributed by atoms with van der Waals surface area (Å²) >= 11 is 0. The van der Waals surface area contributed by atoms with Gasteiger partial charge < -0.3 is 0 Å². The van der Waals surface area contributed by atoms with Crippen molar-refractivity contribution in [3.05, 3.63) is 54.6 Å². The van der Waals surface area contributed by atoms with Gasteiger partial charge in [-0.05, 0) is 31.2 Å². The average molecular weight is 510 g/mol. The van der Waals surface area contributed by atoms with Crippen molar-refractivity contribution in [3.63, 3.8) is 0 Å². The monoisotopic (exact) mass is 509 g/mol. The molecule has 0 amide bonds. The molecule has 2 unspecified atom stereocenters. The predicted molar refractivity (Wildman–Crippen MR) is 162 cm³/mol. The highest BCUT2D eigenvalue weighted by molar-refractivity contribution is 5.15. The van der Waals surface area contributed by atoms with E-state index in [0.717, 1.165) is 0 Å². The Morgan fingerprint density at radius 1 is 0.595 bits per heavy atom. The van der Waals surface area contributed by atoms with Crippen LogP contribution in [0.15, 0.2) is 49.1 Å². The molecule has 37 heavy (non-hydrogen) atoms. The van der Waals surface area contributed by atoms with Crippen LogP contribution in [-0.2, 0) is 6.42 Å². The van der Waals surface area contributed by atoms with E-state index in [4.69, 9.17) is 0 Å². The molecule has 0 aliphatic carbocycles. The van der Waals surface area contributed by atoms with Crippen LogP contribution in [-0.4, -0.2) is 4.98 Å². The molecule has 1 N–H and O–H groups in total. The van der Waals surface area contributed by atoms with Crippen LogP contribution in [0.25, 0.3) is 0 Å². The van der Waals surface area contributed by atoms with Gasteiger partial charge in [0.1, 0.15) is 18.4 Å². The largest absolute Gasteiger partial charge is 0.250 e. The molecule has 1 aromatic carbocycles. The number of hydrogen-bond acceptors (Lipinski definition) is 0. The van der Waals surface area contributed by atoms with E-state index < -0.39 is 0 Å². The molecule has 1 heterocycles. The van der Waals surface area contributed by atoms with Gasteiger partial charge in [0.2, 0.25) is 6.33 Å². The van der Waals surface area contributed by atoms with E-state index in [2.05, 4.69) is 72.5 Å². The quantitative estimate of drug-likeness (QED) is 0.101. The zero-order valence-electron chi connectivity index (χ0n) is 24.8. The minimum Gasteiger partial charge on any atom is -0.250 e. The number of H-pyrrole nitrogens is 1. The van der Waals surface area contributed by atoms with Gasteiger partial charge in [0.15, 0.2) is 0 Å². The Hall–Kier alpha value is -1.57. The Morgan fingerprint density at radius 3 is 1.57 bits per heavy atom. The predicted octanol–water partition coefficient (Wildman–Crippen LogP) is 10.9.